The molecule has 7 heteroatoms. The molecular weight excluding hydrogens is 290 g/mol. The summed E-state index contributed by atoms with van der Waals surface area (Å²) in [4.78, 5) is 11.5. The molecule has 0 aromatic heterocycles. The number of carbonyl (C=O) groups is 1. The van der Waals surface area contributed by atoms with E-state index in [-0.39, 0.29) is 22.9 Å². The molecule has 19 heavy (non-hydrogen) atoms. The molecule has 0 radical (unpaired) electrons. The van der Waals surface area contributed by atoms with Gasteiger partial charge in [-0.1, -0.05) is 0 Å². The third-order valence-electron chi connectivity index (χ3n) is 1.99. The fraction of sp³-hybridized carbons (Fsp3) is 0.417. The van der Waals surface area contributed by atoms with Crippen molar-refractivity contribution in [1.29, 1.82) is 0 Å². The van der Waals surface area contributed by atoms with Crippen LogP contribution < -0.4 is 10.1 Å². The number of ether oxygens (including phenoxy) is 1. The van der Waals surface area contributed by atoms with Crippen LogP contribution in [0.1, 0.15) is 20.8 Å². The molecule has 0 heterocycles. The molecular formula is C12H16ClNO4S. The molecule has 0 saturated heterocycles. The normalized spacial score (nSPS) is 12.0. The quantitative estimate of drug-likeness (QED) is 0.862. The molecule has 0 saturated carbocycles. The second kappa shape index (κ2) is 5.79. The lowest BCUT2D eigenvalue weighted by atomic mass is 10.1. The van der Waals surface area contributed by atoms with Crippen LogP contribution in [0.5, 0.6) is 5.75 Å². The highest BCUT2D eigenvalue weighted by Crippen LogP contribution is 2.18. The fourth-order valence-corrected chi connectivity index (χ4v) is 2.07. The van der Waals surface area contributed by atoms with Gasteiger partial charge in [-0.25, -0.2) is 8.42 Å². The number of hydrogen-bond acceptors (Lipinski definition) is 4. The van der Waals surface area contributed by atoms with E-state index in [0.29, 0.717) is 5.75 Å². The van der Waals surface area contributed by atoms with Gasteiger partial charge in [0.2, 0.25) is 0 Å². The lowest BCUT2D eigenvalue weighted by Gasteiger charge is -2.20. The highest BCUT2D eigenvalue weighted by Gasteiger charge is 2.14. The van der Waals surface area contributed by atoms with Gasteiger partial charge < -0.3 is 10.1 Å². The van der Waals surface area contributed by atoms with Gasteiger partial charge >= 0.3 is 0 Å². The Balaban J connectivity index is 2.58. The Bertz CT molecular complexity index is 546. The molecule has 0 atom stereocenters. The van der Waals surface area contributed by atoms with Crippen molar-refractivity contribution in [3.05, 3.63) is 24.3 Å². The van der Waals surface area contributed by atoms with Gasteiger partial charge in [0.05, 0.1) is 4.90 Å². The van der Waals surface area contributed by atoms with E-state index in [1.807, 2.05) is 20.8 Å². The Hall–Kier alpha value is -1.27. The summed E-state index contributed by atoms with van der Waals surface area (Å²) in [6.45, 7) is 5.46. The Kier molecular flexibility index (Phi) is 4.81. The van der Waals surface area contributed by atoms with Crippen LogP contribution in [0.4, 0.5) is 0 Å². The van der Waals surface area contributed by atoms with Crippen LogP contribution in [0.25, 0.3) is 0 Å². The largest absolute Gasteiger partial charge is 0.484 e. The van der Waals surface area contributed by atoms with Crippen molar-refractivity contribution in [2.75, 3.05) is 6.61 Å². The van der Waals surface area contributed by atoms with Gasteiger partial charge in [-0.2, -0.15) is 0 Å². The number of halogens is 1. The Morgan fingerprint density at radius 3 is 2.21 bits per heavy atom. The average molecular weight is 306 g/mol. The zero-order valence-corrected chi connectivity index (χ0v) is 12.5. The van der Waals surface area contributed by atoms with Gasteiger partial charge in [0.25, 0.3) is 15.0 Å². The minimum absolute atomic E-state index is 0.0133. The van der Waals surface area contributed by atoms with Crippen LogP contribution in [0.2, 0.25) is 0 Å². The monoisotopic (exact) mass is 305 g/mol. The Morgan fingerprint density at radius 2 is 1.79 bits per heavy atom. The second-order valence-electron chi connectivity index (χ2n) is 5.00. The summed E-state index contributed by atoms with van der Waals surface area (Å²) in [5.41, 5.74) is -0.322. The van der Waals surface area contributed by atoms with Crippen LogP contribution in [0, 0.1) is 0 Å². The molecule has 1 rings (SSSR count). The first-order valence-corrected chi connectivity index (χ1v) is 7.87. The van der Waals surface area contributed by atoms with E-state index in [2.05, 4.69) is 5.32 Å². The highest BCUT2D eigenvalue weighted by molar-refractivity contribution is 8.13. The van der Waals surface area contributed by atoms with Gasteiger partial charge in [0.15, 0.2) is 6.61 Å². The summed E-state index contributed by atoms with van der Waals surface area (Å²) in [6, 6.07) is 5.53. The number of benzene rings is 1. The predicted molar refractivity (Wildman–Crippen MR) is 72.9 cm³/mol. The third kappa shape index (κ3) is 5.94. The molecule has 0 aliphatic carbocycles. The molecule has 0 spiro atoms. The molecule has 1 N–H and O–H groups in total. The van der Waals surface area contributed by atoms with E-state index >= 15 is 0 Å². The zero-order chi connectivity index (χ0) is 14.7. The maximum atomic E-state index is 11.5. The van der Waals surface area contributed by atoms with Gasteiger partial charge in [-0.05, 0) is 45.0 Å². The maximum Gasteiger partial charge on any atom is 0.261 e. The number of carbonyl (C=O) groups excluding carboxylic acids is 1. The van der Waals surface area contributed by atoms with Crippen LogP contribution in [-0.2, 0) is 13.8 Å². The first-order valence-electron chi connectivity index (χ1n) is 5.56. The zero-order valence-electron chi connectivity index (χ0n) is 10.9. The smallest absolute Gasteiger partial charge is 0.261 e. The van der Waals surface area contributed by atoms with Gasteiger partial charge in [-0.15, -0.1) is 0 Å². The topological polar surface area (TPSA) is 72.5 Å². The standard InChI is InChI=1S/C12H16ClNO4S/c1-12(2,3)14-11(15)8-18-9-4-6-10(7-5-9)19(13,16)17/h4-7H,8H2,1-3H3,(H,14,15). The van der Waals surface area contributed by atoms with Gasteiger partial charge in [0, 0.05) is 16.2 Å². The van der Waals surface area contributed by atoms with E-state index < -0.39 is 9.05 Å². The van der Waals surface area contributed by atoms with Crippen molar-refractivity contribution in [1.82, 2.24) is 5.32 Å². The average Bonchev–Trinajstić information content (AvgIpc) is 2.23. The minimum atomic E-state index is -3.74. The summed E-state index contributed by atoms with van der Waals surface area (Å²) in [6.07, 6.45) is 0. The molecule has 1 aromatic rings. The van der Waals surface area contributed by atoms with Crippen molar-refractivity contribution in [3.8, 4) is 5.75 Å². The molecule has 0 unspecified atom stereocenters. The molecule has 5 nitrogen and oxygen atoms in total. The van der Waals surface area contributed by atoms with Crippen molar-refractivity contribution in [2.45, 2.75) is 31.2 Å². The van der Waals surface area contributed by atoms with Crippen molar-refractivity contribution in [3.63, 3.8) is 0 Å². The van der Waals surface area contributed by atoms with E-state index in [1.54, 1.807) is 0 Å². The Morgan fingerprint density at radius 1 is 1.26 bits per heavy atom. The molecule has 0 fully saturated rings. The molecule has 0 bridgehead atoms. The van der Waals surface area contributed by atoms with Crippen LogP contribution >= 0.6 is 10.7 Å². The predicted octanol–water partition coefficient (Wildman–Crippen LogP) is 1.91. The van der Waals surface area contributed by atoms with Crippen LogP contribution in [0.15, 0.2) is 29.2 Å². The molecule has 0 aliphatic rings. The summed E-state index contributed by atoms with van der Waals surface area (Å²) in [5.74, 6) is 0.148. The van der Waals surface area contributed by atoms with Crippen molar-refractivity contribution >= 4 is 25.6 Å². The first-order chi connectivity index (χ1) is 8.58. The molecule has 1 amide bonds. The van der Waals surface area contributed by atoms with Gasteiger partial charge in [0.1, 0.15) is 5.75 Å². The minimum Gasteiger partial charge on any atom is -0.484 e. The maximum absolute atomic E-state index is 11.5. The van der Waals surface area contributed by atoms with Crippen molar-refractivity contribution in [2.24, 2.45) is 0 Å². The lowest BCUT2D eigenvalue weighted by Crippen LogP contribution is -2.43. The molecule has 1 aromatic carbocycles. The van der Waals surface area contributed by atoms with Crippen LogP contribution in [-0.4, -0.2) is 26.5 Å². The molecule has 0 aliphatic heterocycles. The van der Waals surface area contributed by atoms with Crippen molar-refractivity contribution < 1.29 is 17.9 Å². The van der Waals surface area contributed by atoms with Gasteiger partial charge in [-0.3, -0.25) is 4.79 Å². The van der Waals surface area contributed by atoms with E-state index in [9.17, 15) is 13.2 Å². The fourth-order valence-electron chi connectivity index (χ4n) is 1.30. The number of nitrogens with one attached hydrogen (secondary N) is 1. The SMILES string of the molecule is CC(C)(C)NC(=O)COc1ccc(S(=O)(=O)Cl)cc1. The lowest BCUT2D eigenvalue weighted by molar-refractivity contribution is -0.124. The Labute approximate surface area is 117 Å². The summed E-state index contributed by atoms with van der Waals surface area (Å²) in [7, 11) is 1.44. The third-order valence-corrected chi connectivity index (χ3v) is 3.36. The number of amides is 1. The first kappa shape index (κ1) is 15.8. The summed E-state index contributed by atoms with van der Waals surface area (Å²) in [5, 5.41) is 2.74. The van der Waals surface area contributed by atoms with E-state index in [0.717, 1.165) is 0 Å². The summed E-state index contributed by atoms with van der Waals surface area (Å²) < 4.78 is 27.3. The van der Waals surface area contributed by atoms with E-state index in [1.165, 1.54) is 24.3 Å². The second-order valence-corrected chi connectivity index (χ2v) is 7.56. The number of rotatable bonds is 4. The summed E-state index contributed by atoms with van der Waals surface area (Å²) >= 11 is 0. The highest BCUT2D eigenvalue weighted by atomic mass is 35.7. The molecule has 106 valence electrons. The van der Waals surface area contributed by atoms with Crippen LogP contribution in [0.3, 0.4) is 0 Å². The van der Waals surface area contributed by atoms with E-state index in [4.69, 9.17) is 15.4 Å². The number of hydrogen-bond donors (Lipinski definition) is 1.